The molecule has 1 atom stereocenters. The fraction of sp³-hybridized carbons (Fsp3) is 0.429. The summed E-state index contributed by atoms with van der Waals surface area (Å²) in [5, 5.41) is 12.0. The molecule has 0 radical (unpaired) electrons. The molecule has 5 heteroatoms. The molecule has 0 saturated heterocycles. The van der Waals surface area contributed by atoms with Crippen LogP contribution in [0.2, 0.25) is 0 Å². The Kier molecular flexibility index (Phi) is 5.90. The van der Waals surface area contributed by atoms with E-state index in [0.29, 0.717) is 18.5 Å². The van der Waals surface area contributed by atoms with Gasteiger partial charge in [-0.1, -0.05) is 30.3 Å². The number of carboxylic acids is 1. The first-order valence-electron chi connectivity index (χ1n) is 8.90. The van der Waals surface area contributed by atoms with Crippen LogP contribution in [0.5, 0.6) is 0 Å². The third-order valence-corrected chi connectivity index (χ3v) is 5.01. The zero-order chi connectivity index (χ0) is 19.5. The van der Waals surface area contributed by atoms with Gasteiger partial charge in [0.05, 0.1) is 17.0 Å². The van der Waals surface area contributed by atoms with Crippen molar-refractivity contribution in [3.05, 3.63) is 58.9 Å². The van der Waals surface area contributed by atoms with Gasteiger partial charge in [0.25, 0.3) is 5.91 Å². The Morgan fingerprint density at radius 3 is 2.38 bits per heavy atom. The van der Waals surface area contributed by atoms with Crippen LogP contribution in [0.1, 0.15) is 60.5 Å². The summed E-state index contributed by atoms with van der Waals surface area (Å²) < 4.78 is 2.16. The molecule has 1 heterocycles. The summed E-state index contributed by atoms with van der Waals surface area (Å²) in [7, 11) is 0. The number of aryl methyl sites for hydroxylation is 1. The van der Waals surface area contributed by atoms with Crippen LogP contribution in [0, 0.1) is 19.3 Å². The van der Waals surface area contributed by atoms with E-state index in [4.69, 9.17) is 5.11 Å². The minimum atomic E-state index is -0.860. The summed E-state index contributed by atoms with van der Waals surface area (Å²) in [5.74, 6) is -1.02. The highest BCUT2D eigenvalue weighted by Crippen LogP contribution is 2.25. The number of hydrogen-bond donors (Lipinski definition) is 2. The number of aromatic nitrogens is 1. The largest absolute Gasteiger partial charge is 0.481 e. The van der Waals surface area contributed by atoms with Crippen molar-refractivity contribution in [1.29, 1.82) is 0 Å². The minimum absolute atomic E-state index is 0.128. The molecule has 1 aromatic carbocycles. The average molecular weight is 356 g/mol. The number of rotatable bonds is 7. The van der Waals surface area contributed by atoms with Crippen molar-refractivity contribution in [3.63, 3.8) is 0 Å². The highest BCUT2D eigenvalue weighted by atomic mass is 16.4. The topological polar surface area (TPSA) is 71.3 Å². The van der Waals surface area contributed by atoms with Crippen LogP contribution >= 0.6 is 0 Å². The van der Waals surface area contributed by atoms with Gasteiger partial charge in [0.1, 0.15) is 0 Å². The van der Waals surface area contributed by atoms with Crippen molar-refractivity contribution >= 4 is 11.9 Å². The number of amides is 1. The Bertz CT molecular complexity index is 791. The number of carbonyl (C=O) groups is 2. The molecule has 0 aliphatic rings. The fourth-order valence-electron chi connectivity index (χ4n) is 3.17. The van der Waals surface area contributed by atoms with Crippen molar-refractivity contribution in [2.45, 2.75) is 47.1 Å². The van der Waals surface area contributed by atoms with Crippen molar-refractivity contribution in [3.8, 4) is 0 Å². The number of carbonyl (C=O) groups excluding carboxylic acids is 1. The lowest BCUT2D eigenvalue weighted by Gasteiger charge is -2.20. The van der Waals surface area contributed by atoms with E-state index in [1.54, 1.807) is 13.8 Å². The second kappa shape index (κ2) is 7.77. The van der Waals surface area contributed by atoms with Gasteiger partial charge in [0.2, 0.25) is 0 Å². The SMILES string of the molecule is Cc1cc(C(=O)NCCC(C)(C)C(=O)O)c(C)n1C(C)c1ccccc1. The van der Waals surface area contributed by atoms with Gasteiger partial charge >= 0.3 is 5.97 Å². The molecule has 2 aromatic rings. The van der Waals surface area contributed by atoms with Crippen molar-refractivity contribution in [1.82, 2.24) is 9.88 Å². The molecule has 1 aromatic heterocycles. The second-order valence-corrected chi connectivity index (χ2v) is 7.44. The Morgan fingerprint density at radius 1 is 1.19 bits per heavy atom. The summed E-state index contributed by atoms with van der Waals surface area (Å²) in [6.07, 6.45) is 0.382. The van der Waals surface area contributed by atoms with E-state index in [9.17, 15) is 9.59 Å². The van der Waals surface area contributed by atoms with Crippen LogP contribution in [-0.2, 0) is 4.79 Å². The number of benzene rings is 1. The van der Waals surface area contributed by atoms with Crippen LogP contribution in [0.15, 0.2) is 36.4 Å². The summed E-state index contributed by atoms with van der Waals surface area (Å²) in [4.78, 5) is 23.7. The van der Waals surface area contributed by atoms with E-state index in [0.717, 1.165) is 11.4 Å². The van der Waals surface area contributed by atoms with Crippen LogP contribution < -0.4 is 5.32 Å². The molecule has 1 unspecified atom stereocenters. The molecule has 5 nitrogen and oxygen atoms in total. The molecule has 26 heavy (non-hydrogen) atoms. The first-order valence-corrected chi connectivity index (χ1v) is 8.90. The summed E-state index contributed by atoms with van der Waals surface area (Å²) in [6, 6.07) is 12.2. The van der Waals surface area contributed by atoms with Crippen LogP contribution in [0.3, 0.4) is 0 Å². The van der Waals surface area contributed by atoms with E-state index < -0.39 is 11.4 Å². The standard InChI is InChI=1S/C21H28N2O3/c1-14-13-18(19(24)22-12-11-21(4,5)20(25)26)16(3)23(14)15(2)17-9-7-6-8-10-17/h6-10,13,15H,11-12H2,1-5H3,(H,22,24)(H,25,26). The molecule has 1 amide bonds. The van der Waals surface area contributed by atoms with Gasteiger partial charge in [0.15, 0.2) is 0 Å². The molecule has 2 rings (SSSR count). The second-order valence-electron chi connectivity index (χ2n) is 7.44. The summed E-state index contributed by atoms with van der Waals surface area (Å²) in [6.45, 7) is 9.71. The number of hydrogen-bond acceptors (Lipinski definition) is 2. The van der Waals surface area contributed by atoms with Gasteiger partial charge in [-0.15, -0.1) is 0 Å². The lowest BCUT2D eigenvalue weighted by atomic mass is 9.90. The molecule has 0 aliphatic carbocycles. The lowest BCUT2D eigenvalue weighted by molar-refractivity contribution is -0.147. The average Bonchev–Trinajstić information content (AvgIpc) is 2.89. The maximum atomic E-state index is 12.6. The lowest BCUT2D eigenvalue weighted by Crippen LogP contribution is -2.32. The molecule has 0 bridgehead atoms. The van der Waals surface area contributed by atoms with Crippen molar-refractivity contribution < 1.29 is 14.7 Å². The number of nitrogens with zero attached hydrogens (tertiary/aromatic N) is 1. The Morgan fingerprint density at radius 2 is 1.81 bits per heavy atom. The van der Waals surface area contributed by atoms with Crippen molar-refractivity contribution in [2.24, 2.45) is 5.41 Å². The molecule has 0 aliphatic heterocycles. The molecule has 0 fully saturated rings. The highest BCUT2D eigenvalue weighted by molar-refractivity contribution is 5.95. The van der Waals surface area contributed by atoms with Crippen LogP contribution in [0.4, 0.5) is 0 Å². The van der Waals surface area contributed by atoms with E-state index in [2.05, 4.69) is 28.9 Å². The molecule has 2 N–H and O–H groups in total. The highest BCUT2D eigenvalue weighted by Gasteiger charge is 2.27. The maximum absolute atomic E-state index is 12.6. The molecule has 0 saturated carbocycles. The first-order chi connectivity index (χ1) is 12.1. The van der Waals surface area contributed by atoms with Gasteiger partial charge in [-0.25, -0.2) is 0 Å². The predicted octanol–water partition coefficient (Wildman–Crippen LogP) is 3.94. The monoisotopic (exact) mass is 356 g/mol. The van der Waals surface area contributed by atoms with Gasteiger partial charge in [-0.05, 0) is 52.7 Å². The molecule has 140 valence electrons. The third-order valence-electron chi connectivity index (χ3n) is 5.01. The minimum Gasteiger partial charge on any atom is -0.481 e. The molecular weight excluding hydrogens is 328 g/mol. The Labute approximate surface area is 155 Å². The van der Waals surface area contributed by atoms with Gasteiger partial charge in [0, 0.05) is 17.9 Å². The first kappa shape index (κ1) is 19.8. The van der Waals surface area contributed by atoms with E-state index in [1.165, 1.54) is 5.56 Å². The normalized spacial score (nSPS) is 12.7. The smallest absolute Gasteiger partial charge is 0.309 e. The zero-order valence-electron chi connectivity index (χ0n) is 16.2. The number of aliphatic carboxylic acids is 1. The van der Waals surface area contributed by atoms with E-state index in [1.807, 2.05) is 38.1 Å². The number of nitrogens with one attached hydrogen (secondary N) is 1. The number of carboxylic acid groups (broad SMARTS) is 1. The van der Waals surface area contributed by atoms with Gasteiger partial charge in [-0.3, -0.25) is 9.59 Å². The quantitative estimate of drug-likeness (QED) is 0.789. The van der Waals surface area contributed by atoms with Crippen LogP contribution in [0.25, 0.3) is 0 Å². The molecular formula is C21H28N2O3. The summed E-state index contributed by atoms with van der Waals surface area (Å²) >= 11 is 0. The Balaban J connectivity index is 2.14. The zero-order valence-corrected chi connectivity index (χ0v) is 16.2. The Hall–Kier alpha value is -2.56. The third kappa shape index (κ3) is 4.15. The predicted molar refractivity (Wildman–Crippen MR) is 103 cm³/mol. The van der Waals surface area contributed by atoms with E-state index in [-0.39, 0.29) is 11.9 Å². The van der Waals surface area contributed by atoms with Crippen molar-refractivity contribution in [2.75, 3.05) is 6.54 Å². The van der Waals surface area contributed by atoms with Gasteiger partial charge in [-0.2, -0.15) is 0 Å². The summed E-state index contributed by atoms with van der Waals surface area (Å²) in [5.41, 5.74) is 2.90. The fourth-order valence-corrected chi connectivity index (χ4v) is 3.17. The van der Waals surface area contributed by atoms with Gasteiger partial charge < -0.3 is 15.0 Å². The molecule has 0 spiro atoms. The maximum Gasteiger partial charge on any atom is 0.309 e. The van der Waals surface area contributed by atoms with E-state index >= 15 is 0 Å². The van der Waals surface area contributed by atoms with Crippen LogP contribution in [-0.4, -0.2) is 28.1 Å².